The second-order valence-electron chi connectivity index (χ2n) is 5.32. The second-order valence-corrected chi connectivity index (χ2v) is 6.50. The van der Waals surface area contributed by atoms with Crippen molar-refractivity contribution in [3.63, 3.8) is 0 Å². The van der Waals surface area contributed by atoms with Gasteiger partial charge in [-0.3, -0.25) is 0 Å². The van der Waals surface area contributed by atoms with Crippen LogP contribution in [0.3, 0.4) is 0 Å². The van der Waals surface area contributed by atoms with Crippen LogP contribution >= 0.6 is 22.9 Å². The summed E-state index contributed by atoms with van der Waals surface area (Å²) in [7, 11) is 0. The summed E-state index contributed by atoms with van der Waals surface area (Å²) in [5.74, 6) is 0. The third-order valence-corrected chi connectivity index (χ3v) is 4.71. The van der Waals surface area contributed by atoms with E-state index >= 15 is 0 Å². The fraction of sp³-hybridized carbons (Fsp3) is 0.375. The van der Waals surface area contributed by atoms with Gasteiger partial charge in [0.1, 0.15) is 0 Å². The van der Waals surface area contributed by atoms with Gasteiger partial charge in [-0.15, -0.1) is 0 Å². The van der Waals surface area contributed by atoms with Gasteiger partial charge in [0.2, 0.25) is 0 Å². The molecule has 1 saturated carbocycles. The van der Waals surface area contributed by atoms with Crippen LogP contribution in [0.5, 0.6) is 0 Å². The molecule has 0 atom stereocenters. The molecule has 1 aromatic heterocycles. The Morgan fingerprint density at radius 2 is 2.10 bits per heavy atom. The van der Waals surface area contributed by atoms with E-state index in [0.717, 1.165) is 23.7 Å². The molecule has 0 aliphatic heterocycles. The van der Waals surface area contributed by atoms with Crippen LogP contribution in [0.1, 0.15) is 24.0 Å². The van der Waals surface area contributed by atoms with E-state index in [4.69, 9.17) is 17.3 Å². The van der Waals surface area contributed by atoms with Gasteiger partial charge in [0.25, 0.3) is 0 Å². The molecule has 1 aromatic carbocycles. The normalized spacial score (nSPS) is 14.5. The number of thiophene rings is 1. The SMILES string of the molecule is NCCc1ccc(N(Cc2ccsc2)C2CC2)c(Cl)c1. The largest absolute Gasteiger partial charge is 0.363 e. The highest BCUT2D eigenvalue weighted by atomic mass is 35.5. The van der Waals surface area contributed by atoms with Gasteiger partial charge in [-0.05, 0) is 65.9 Å². The minimum absolute atomic E-state index is 0.646. The number of halogens is 1. The Morgan fingerprint density at radius 1 is 1.25 bits per heavy atom. The summed E-state index contributed by atoms with van der Waals surface area (Å²) < 4.78 is 0. The fourth-order valence-electron chi connectivity index (χ4n) is 2.48. The molecule has 20 heavy (non-hydrogen) atoms. The summed E-state index contributed by atoms with van der Waals surface area (Å²) in [5, 5.41) is 5.19. The van der Waals surface area contributed by atoms with Crippen molar-refractivity contribution < 1.29 is 0 Å². The number of hydrogen-bond acceptors (Lipinski definition) is 3. The molecular formula is C16H19ClN2S. The maximum Gasteiger partial charge on any atom is 0.0642 e. The lowest BCUT2D eigenvalue weighted by Crippen LogP contribution is -2.25. The zero-order valence-electron chi connectivity index (χ0n) is 11.4. The summed E-state index contributed by atoms with van der Waals surface area (Å²) in [4.78, 5) is 2.44. The van der Waals surface area contributed by atoms with E-state index in [9.17, 15) is 0 Å². The molecule has 1 heterocycles. The number of hydrogen-bond donors (Lipinski definition) is 1. The molecule has 2 N–H and O–H groups in total. The van der Waals surface area contributed by atoms with E-state index in [-0.39, 0.29) is 0 Å². The van der Waals surface area contributed by atoms with Gasteiger partial charge in [-0.1, -0.05) is 17.7 Å². The van der Waals surface area contributed by atoms with Crippen LogP contribution in [0.25, 0.3) is 0 Å². The predicted octanol–water partition coefficient (Wildman–Crippen LogP) is 4.07. The summed E-state index contributed by atoms with van der Waals surface area (Å²) >= 11 is 8.24. The van der Waals surface area contributed by atoms with Crippen molar-refractivity contribution in [1.82, 2.24) is 0 Å². The third kappa shape index (κ3) is 3.17. The monoisotopic (exact) mass is 306 g/mol. The van der Waals surface area contributed by atoms with Crippen LogP contribution in [-0.4, -0.2) is 12.6 Å². The molecule has 1 aliphatic carbocycles. The molecule has 0 bridgehead atoms. The zero-order valence-corrected chi connectivity index (χ0v) is 13.0. The Kier molecular flexibility index (Phi) is 4.29. The molecule has 0 saturated heterocycles. The maximum absolute atomic E-state index is 6.49. The highest BCUT2D eigenvalue weighted by Gasteiger charge is 2.30. The van der Waals surface area contributed by atoms with Crippen LogP contribution < -0.4 is 10.6 Å². The van der Waals surface area contributed by atoms with Crippen molar-refractivity contribution >= 4 is 28.6 Å². The lowest BCUT2D eigenvalue weighted by Gasteiger charge is -2.25. The summed E-state index contributed by atoms with van der Waals surface area (Å²) in [6.45, 7) is 1.61. The smallest absolute Gasteiger partial charge is 0.0642 e. The van der Waals surface area contributed by atoms with Crippen LogP contribution in [0.2, 0.25) is 5.02 Å². The van der Waals surface area contributed by atoms with E-state index in [1.165, 1.54) is 24.0 Å². The predicted molar refractivity (Wildman–Crippen MR) is 87.7 cm³/mol. The average molecular weight is 307 g/mol. The Hall–Kier alpha value is -1.03. The molecule has 0 radical (unpaired) electrons. The lowest BCUT2D eigenvalue weighted by atomic mass is 10.1. The number of nitrogens with two attached hydrogens (primary N) is 1. The van der Waals surface area contributed by atoms with Gasteiger partial charge >= 0.3 is 0 Å². The van der Waals surface area contributed by atoms with E-state index < -0.39 is 0 Å². The van der Waals surface area contributed by atoms with Crippen LogP contribution in [-0.2, 0) is 13.0 Å². The van der Waals surface area contributed by atoms with Gasteiger partial charge < -0.3 is 10.6 Å². The van der Waals surface area contributed by atoms with Crippen molar-refractivity contribution in [2.24, 2.45) is 5.73 Å². The highest BCUT2D eigenvalue weighted by Crippen LogP contribution is 2.37. The fourth-order valence-corrected chi connectivity index (χ4v) is 3.45. The van der Waals surface area contributed by atoms with Crippen LogP contribution in [0.15, 0.2) is 35.0 Å². The topological polar surface area (TPSA) is 29.3 Å². The molecule has 0 unspecified atom stereocenters. The first-order valence-corrected chi connectivity index (χ1v) is 8.36. The van der Waals surface area contributed by atoms with Gasteiger partial charge in [-0.2, -0.15) is 11.3 Å². The van der Waals surface area contributed by atoms with Crippen LogP contribution in [0.4, 0.5) is 5.69 Å². The number of benzene rings is 1. The maximum atomic E-state index is 6.49. The van der Waals surface area contributed by atoms with Gasteiger partial charge in [-0.25, -0.2) is 0 Å². The molecule has 0 spiro atoms. The summed E-state index contributed by atoms with van der Waals surface area (Å²) in [6.07, 6.45) is 3.42. The molecule has 106 valence electrons. The van der Waals surface area contributed by atoms with E-state index in [0.29, 0.717) is 12.6 Å². The Balaban J connectivity index is 1.83. The average Bonchev–Trinajstić information content (AvgIpc) is 3.15. The van der Waals surface area contributed by atoms with Crippen molar-refractivity contribution in [2.45, 2.75) is 31.8 Å². The number of nitrogens with zero attached hydrogens (tertiary/aromatic N) is 1. The molecule has 1 aliphatic rings. The first-order valence-electron chi connectivity index (χ1n) is 7.04. The number of anilines is 1. The summed E-state index contributed by atoms with van der Waals surface area (Å²) in [5.41, 5.74) is 9.34. The van der Waals surface area contributed by atoms with Crippen molar-refractivity contribution in [1.29, 1.82) is 0 Å². The van der Waals surface area contributed by atoms with Crippen LogP contribution in [0, 0.1) is 0 Å². The zero-order chi connectivity index (χ0) is 13.9. The van der Waals surface area contributed by atoms with E-state index in [1.807, 2.05) is 0 Å². The van der Waals surface area contributed by atoms with E-state index in [2.05, 4.69) is 39.9 Å². The Bertz CT molecular complexity index is 564. The first-order chi connectivity index (χ1) is 9.78. The Morgan fingerprint density at radius 3 is 2.70 bits per heavy atom. The van der Waals surface area contributed by atoms with Crippen molar-refractivity contribution in [2.75, 3.05) is 11.4 Å². The molecule has 2 nitrogen and oxygen atoms in total. The van der Waals surface area contributed by atoms with Gasteiger partial charge in [0.15, 0.2) is 0 Å². The third-order valence-electron chi connectivity index (χ3n) is 3.68. The molecule has 0 amide bonds. The Labute approximate surface area is 129 Å². The lowest BCUT2D eigenvalue weighted by molar-refractivity contribution is 0.796. The molecule has 4 heteroatoms. The second kappa shape index (κ2) is 6.17. The van der Waals surface area contributed by atoms with Crippen molar-refractivity contribution in [3.05, 3.63) is 51.2 Å². The standard InChI is InChI=1S/C16H19ClN2S/c17-15-9-12(5-7-18)1-4-16(15)19(14-2-3-14)10-13-6-8-20-11-13/h1,4,6,8-9,11,14H,2-3,5,7,10,18H2. The number of rotatable bonds is 6. The molecule has 1 fully saturated rings. The molecule has 2 aromatic rings. The van der Waals surface area contributed by atoms with E-state index in [1.54, 1.807) is 11.3 Å². The minimum atomic E-state index is 0.646. The van der Waals surface area contributed by atoms with Gasteiger partial charge in [0, 0.05) is 12.6 Å². The quantitative estimate of drug-likeness (QED) is 0.871. The molecule has 3 rings (SSSR count). The van der Waals surface area contributed by atoms with Crippen molar-refractivity contribution in [3.8, 4) is 0 Å². The van der Waals surface area contributed by atoms with Gasteiger partial charge in [0.05, 0.1) is 10.7 Å². The highest BCUT2D eigenvalue weighted by molar-refractivity contribution is 7.07. The summed E-state index contributed by atoms with van der Waals surface area (Å²) in [6, 6.07) is 9.20. The molecular weight excluding hydrogens is 288 g/mol. The minimum Gasteiger partial charge on any atom is -0.363 e. The first kappa shape index (κ1) is 13.9.